The van der Waals surface area contributed by atoms with Gasteiger partial charge in [0.1, 0.15) is 11.7 Å². The number of nitrogens with one attached hydrogen (secondary N) is 1. The van der Waals surface area contributed by atoms with E-state index in [1.165, 1.54) is 25.6 Å². The first-order valence-electron chi connectivity index (χ1n) is 5.50. The summed E-state index contributed by atoms with van der Waals surface area (Å²) in [6.45, 7) is 1.92. The number of H-pyrrole nitrogens is 1. The predicted octanol–water partition coefficient (Wildman–Crippen LogP) is 1.13. The number of aromatic amines is 1. The Bertz CT molecular complexity index is 477. The van der Waals surface area contributed by atoms with Crippen LogP contribution in [-0.2, 0) is 0 Å². The van der Waals surface area contributed by atoms with E-state index in [4.69, 9.17) is 4.84 Å². The van der Waals surface area contributed by atoms with Crippen LogP contribution in [0.2, 0.25) is 0 Å². The van der Waals surface area contributed by atoms with Crippen LogP contribution in [0, 0.1) is 0 Å². The van der Waals surface area contributed by atoms with Gasteiger partial charge in [0, 0.05) is 13.1 Å². The van der Waals surface area contributed by atoms with Gasteiger partial charge in [-0.05, 0) is 12.8 Å². The second-order valence-electron chi connectivity index (χ2n) is 3.89. The van der Waals surface area contributed by atoms with Crippen molar-refractivity contribution in [3.05, 3.63) is 12.5 Å². The normalized spacial score (nSPS) is 17.8. The smallest absolute Gasteiger partial charge is 0.252 e. The van der Waals surface area contributed by atoms with Gasteiger partial charge in [0.05, 0.1) is 6.20 Å². The summed E-state index contributed by atoms with van der Waals surface area (Å²) in [4.78, 5) is 14.0. The van der Waals surface area contributed by atoms with Crippen molar-refractivity contribution < 1.29 is 4.84 Å². The fourth-order valence-corrected chi connectivity index (χ4v) is 1.89. The number of piperidine rings is 1. The van der Waals surface area contributed by atoms with Crippen molar-refractivity contribution in [2.24, 2.45) is 0 Å². The Morgan fingerprint density at radius 3 is 2.94 bits per heavy atom. The SMILES string of the molecule is c1nc(ON2CCCCC2)c2cn[nH]c2n1. The van der Waals surface area contributed by atoms with Crippen molar-refractivity contribution in [3.8, 4) is 5.88 Å². The number of hydrogen-bond donors (Lipinski definition) is 1. The van der Waals surface area contributed by atoms with E-state index in [1.54, 1.807) is 6.20 Å². The molecule has 0 aliphatic carbocycles. The van der Waals surface area contributed by atoms with Crippen molar-refractivity contribution >= 4 is 11.0 Å². The Morgan fingerprint density at radius 2 is 2.06 bits per heavy atom. The molecule has 2 aromatic rings. The molecule has 0 saturated carbocycles. The second kappa shape index (κ2) is 4.05. The molecule has 0 atom stereocenters. The Kier molecular flexibility index (Phi) is 2.41. The maximum absolute atomic E-state index is 5.75. The van der Waals surface area contributed by atoms with Crippen LogP contribution in [0.25, 0.3) is 11.0 Å². The van der Waals surface area contributed by atoms with E-state index < -0.39 is 0 Å². The number of fused-ring (bicyclic) bond motifs is 1. The molecular formula is C10H13N5O. The second-order valence-corrected chi connectivity index (χ2v) is 3.89. The first-order chi connectivity index (χ1) is 7.93. The molecule has 3 rings (SSSR count). The summed E-state index contributed by atoms with van der Waals surface area (Å²) in [7, 11) is 0. The van der Waals surface area contributed by atoms with E-state index in [1.807, 2.05) is 5.06 Å². The lowest BCUT2D eigenvalue weighted by Crippen LogP contribution is -2.33. The molecule has 3 heterocycles. The van der Waals surface area contributed by atoms with E-state index in [9.17, 15) is 0 Å². The molecule has 2 aromatic heterocycles. The molecule has 1 fully saturated rings. The van der Waals surface area contributed by atoms with Gasteiger partial charge >= 0.3 is 0 Å². The Hall–Kier alpha value is -1.69. The number of hydroxylamine groups is 2. The van der Waals surface area contributed by atoms with Crippen LogP contribution in [0.5, 0.6) is 5.88 Å². The number of hydrogen-bond acceptors (Lipinski definition) is 5. The van der Waals surface area contributed by atoms with Crippen molar-refractivity contribution in [1.82, 2.24) is 25.2 Å². The summed E-state index contributed by atoms with van der Waals surface area (Å²) in [5.41, 5.74) is 0.710. The maximum Gasteiger partial charge on any atom is 0.252 e. The summed E-state index contributed by atoms with van der Waals surface area (Å²) < 4.78 is 0. The van der Waals surface area contributed by atoms with E-state index in [2.05, 4.69) is 20.2 Å². The van der Waals surface area contributed by atoms with Crippen LogP contribution in [-0.4, -0.2) is 38.3 Å². The van der Waals surface area contributed by atoms with Gasteiger partial charge in [0.2, 0.25) is 0 Å². The summed E-state index contributed by atoms with van der Waals surface area (Å²) in [5, 5.41) is 9.51. The fraction of sp³-hybridized carbons (Fsp3) is 0.500. The first kappa shape index (κ1) is 9.53. The van der Waals surface area contributed by atoms with Crippen molar-refractivity contribution in [2.45, 2.75) is 19.3 Å². The minimum absolute atomic E-state index is 0.584. The molecule has 1 aliphatic rings. The molecule has 0 aromatic carbocycles. The van der Waals surface area contributed by atoms with Crippen LogP contribution >= 0.6 is 0 Å². The third kappa shape index (κ3) is 1.71. The minimum Gasteiger partial charge on any atom is -0.385 e. The fourth-order valence-electron chi connectivity index (χ4n) is 1.89. The summed E-state index contributed by atoms with van der Waals surface area (Å²) >= 11 is 0. The van der Waals surface area contributed by atoms with E-state index in [-0.39, 0.29) is 0 Å². The van der Waals surface area contributed by atoms with E-state index in [0.717, 1.165) is 18.5 Å². The lowest BCUT2D eigenvalue weighted by Gasteiger charge is -2.25. The van der Waals surface area contributed by atoms with E-state index >= 15 is 0 Å². The topological polar surface area (TPSA) is 66.9 Å². The molecule has 6 nitrogen and oxygen atoms in total. The zero-order valence-electron chi connectivity index (χ0n) is 8.89. The quantitative estimate of drug-likeness (QED) is 0.820. The number of rotatable bonds is 2. The zero-order valence-corrected chi connectivity index (χ0v) is 8.89. The molecular weight excluding hydrogens is 206 g/mol. The lowest BCUT2D eigenvalue weighted by molar-refractivity contribution is -0.0744. The number of aromatic nitrogens is 4. The number of nitrogens with zero attached hydrogens (tertiary/aromatic N) is 4. The molecule has 0 unspecified atom stereocenters. The maximum atomic E-state index is 5.75. The third-order valence-corrected chi connectivity index (χ3v) is 2.74. The van der Waals surface area contributed by atoms with Crippen molar-refractivity contribution in [3.63, 3.8) is 0 Å². The lowest BCUT2D eigenvalue weighted by atomic mass is 10.2. The Balaban J connectivity index is 1.85. The van der Waals surface area contributed by atoms with Crippen LogP contribution in [0.15, 0.2) is 12.5 Å². The molecule has 1 aliphatic heterocycles. The van der Waals surface area contributed by atoms with Gasteiger partial charge in [-0.2, -0.15) is 10.1 Å². The Morgan fingerprint density at radius 1 is 1.19 bits per heavy atom. The monoisotopic (exact) mass is 219 g/mol. The highest BCUT2D eigenvalue weighted by Crippen LogP contribution is 2.20. The van der Waals surface area contributed by atoms with Gasteiger partial charge < -0.3 is 4.84 Å². The van der Waals surface area contributed by atoms with Gasteiger partial charge in [0.15, 0.2) is 5.65 Å². The summed E-state index contributed by atoms with van der Waals surface area (Å²) in [6.07, 6.45) is 6.82. The highest BCUT2D eigenvalue weighted by atomic mass is 16.7. The van der Waals surface area contributed by atoms with Gasteiger partial charge in [-0.1, -0.05) is 6.42 Å². The van der Waals surface area contributed by atoms with Gasteiger partial charge in [0.25, 0.3) is 5.88 Å². The van der Waals surface area contributed by atoms with Crippen LogP contribution in [0.4, 0.5) is 0 Å². The predicted molar refractivity (Wildman–Crippen MR) is 57.7 cm³/mol. The van der Waals surface area contributed by atoms with Gasteiger partial charge in [-0.25, -0.2) is 4.98 Å². The molecule has 1 saturated heterocycles. The van der Waals surface area contributed by atoms with Crippen LogP contribution in [0.1, 0.15) is 19.3 Å². The molecule has 1 N–H and O–H groups in total. The summed E-state index contributed by atoms with van der Waals surface area (Å²) in [6, 6.07) is 0. The van der Waals surface area contributed by atoms with Crippen LogP contribution < -0.4 is 4.84 Å². The molecule has 0 radical (unpaired) electrons. The zero-order chi connectivity index (χ0) is 10.8. The van der Waals surface area contributed by atoms with Crippen LogP contribution in [0.3, 0.4) is 0 Å². The molecule has 6 heteroatoms. The largest absolute Gasteiger partial charge is 0.385 e. The molecule has 0 amide bonds. The average molecular weight is 219 g/mol. The molecule has 0 bridgehead atoms. The third-order valence-electron chi connectivity index (χ3n) is 2.74. The van der Waals surface area contributed by atoms with Gasteiger partial charge in [-0.3, -0.25) is 5.10 Å². The highest BCUT2D eigenvalue weighted by Gasteiger charge is 2.14. The molecule has 84 valence electrons. The summed E-state index contributed by atoms with van der Waals surface area (Å²) in [5.74, 6) is 0.584. The minimum atomic E-state index is 0.584. The van der Waals surface area contributed by atoms with Crippen molar-refractivity contribution in [1.29, 1.82) is 0 Å². The first-order valence-corrected chi connectivity index (χ1v) is 5.50. The average Bonchev–Trinajstić information content (AvgIpc) is 2.80. The Labute approximate surface area is 92.6 Å². The molecule has 16 heavy (non-hydrogen) atoms. The standard InChI is InChI=1S/C10H13N5O/c1-2-4-15(5-3-1)16-10-8-6-13-14-9(8)11-7-12-10/h6-7H,1-5H2,(H,11,12,13,14). The van der Waals surface area contributed by atoms with Gasteiger partial charge in [-0.15, -0.1) is 5.06 Å². The molecule has 0 spiro atoms. The van der Waals surface area contributed by atoms with Crippen molar-refractivity contribution in [2.75, 3.05) is 13.1 Å². The van der Waals surface area contributed by atoms with E-state index in [0.29, 0.717) is 11.5 Å². The highest BCUT2D eigenvalue weighted by molar-refractivity contribution is 5.78.